The van der Waals surface area contributed by atoms with E-state index in [1.165, 1.54) is 6.92 Å². The van der Waals surface area contributed by atoms with Gasteiger partial charge in [-0.2, -0.15) is 0 Å². The van der Waals surface area contributed by atoms with Crippen molar-refractivity contribution in [1.29, 1.82) is 5.41 Å². The second-order valence-corrected chi connectivity index (χ2v) is 7.62. The highest BCUT2D eigenvalue weighted by molar-refractivity contribution is 5.95. The summed E-state index contributed by atoms with van der Waals surface area (Å²) >= 11 is 0. The fourth-order valence-electron chi connectivity index (χ4n) is 4.24. The van der Waals surface area contributed by atoms with Gasteiger partial charge in [0, 0.05) is 25.6 Å². The van der Waals surface area contributed by atoms with Crippen molar-refractivity contribution < 1.29 is 19.2 Å². The third kappa shape index (κ3) is 4.60. The Hall–Kier alpha value is -2.65. The summed E-state index contributed by atoms with van der Waals surface area (Å²) in [4.78, 5) is 51.9. The van der Waals surface area contributed by atoms with Crippen LogP contribution in [0.4, 0.5) is 0 Å². The molecule has 5 unspecified atom stereocenters. The van der Waals surface area contributed by atoms with Crippen LogP contribution >= 0.6 is 0 Å². The molecule has 0 aromatic rings. The minimum absolute atomic E-state index is 0.136. The van der Waals surface area contributed by atoms with Crippen molar-refractivity contribution in [3.8, 4) is 0 Å². The molecule has 0 aliphatic carbocycles. The fraction of sp³-hybridized carbons (Fsp3) is 0.722. The van der Waals surface area contributed by atoms with Crippen LogP contribution in [0.5, 0.6) is 0 Å². The summed E-state index contributed by atoms with van der Waals surface area (Å²) < 4.78 is 0. The van der Waals surface area contributed by atoms with E-state index in [0.29, 0.717) is 32.2 Å². The molecular weight excluding hydrogens is 364 g/mol. The molecule has 5 N–H and O–H groups in total. The van der Waals surface area contributed by atoms with E-state index in [1.54, 1.807) is 9.80 Å². The second kappa shape index (κ2) is 9.03. The first-order chi connectivity index (χ1) is 13.2. The van der Waals surface area contributed by atoms with Crippen molar-refractivity contribution in [2.24, 2.45) is 5.73 Å². The zero-order chi connectivity index (χ0) is 21.0. The van der Waals surface area contributed by atoms with Gasteiger partial charge in [-0.3, -0.25) is 19.8 Å². The van der Waals surface area contributed by atoms with Gasteiger partial charge in [0.25, 0.3) is 0 Å². The predicted octanol–water partition coefficient (Wildman–Crippen LogP) is -1.07. The van der Waals surface area contributed by atoms with E-state index in [-0.39, 0.29) is 35.8 Å². The van der Waals surface area contributed by atoms with Gasteiger partial charge >= 0.3 is 0 Å². The van der Waals surface area contributed by atoms with Crippen molar-refractivity contribution in [3.05, 3.63) is 0 Å². The lowest BCUT2D eigenvalue weighted by Crippen LogP contribution is -2.50. The molecule has 10 nitrogen and oxygen atoms in total. The zero-order valence-electron chi connectivity index (χ0n) is 16.6. The number of nitrogens with zero attached hydrogens (tertiary/aromatic N) is 2. The number of nitrogens with one attached hydrogen (secondary N) is 3. The number of hydrogen-bond donors (Lipinski definition) is 4. The van der Waals surface area contributed by atoms with Crippen molar-refractivity contribution >= 4 is 30.0 Å². The quantitative estimate of drug-likeness (QED) is 0.178. The molecule has 0 aromatic carbocycles. The Morgan fingerprint density at radius 2 is 1.96 bits per heavy atom. The molecule has 5 atom stereocenters. The minimum atomic E-state index is -0.617. The van der Waals surface area contributed by atoms with Crippen LogP contribution in [0, 0.1) is 5.41 Å². The highest BCUT2D eigenvalue weighted by atomic mass is 16.2. The Balaban J connectivity index is 2.06. The Kier molecular flexibility index (Phi) is 6.98. The molecule has 2 rings (SSSR count). The van der Waals surface area contributed by atoms with Gasteiger partial charge in [0.15, 0.2) is 5.96 Å². The number of rotatable bonds is 8. The van der Waals surface area contributed by atoms with Crippen LogP contribution in [0.15, 0.2) is 0 Å². The molecule has 0 spiro atoms. The van der Waals surface area contributed by atoms with Crippen LogP contribution in [-0.2, 0) is 19.2 Å². The van der Waals surface area contributed by atoms with E-state index in [1.807, 2.05) is 13.8 Å². The van der Waals surface area contributed by atoms with Gasteiger partial charge < -0.3 is 31.0 Å². The van der Waals surface area contributed by atoms with Crippen molar-refractivity contribution in [2.45, 2.75) is 76.7 Å². The summed E-state index contributed by atoms with van der Waals surface area (Å²) in [5.74, 6) is -0.889. The van der Waals surface area contributed by atoms with Crippen LogP contribution in [-0.4, -0.2) is 76.5 Å². The van der Waals surface area contributed by atoms with E-state index in [9.17, 15) is 19.2 Å². The average molecular weight is 394 g/mol. The smallest absolute Gasteiger partial charge is 0.246 e. The Labute approximate surface area is 164 Å². The first-order valence-electron chi connectivity index (χ1n) is 9.62. The third-order valence-corrected chi connectivity index (χ3v) is 5.40. The van der Waals surface area contributed by atoms with E-state index in [0.717, 1.165) is 6.29 Å². The van der Waals surface area contributed by atoms with E-state index < -0.39 is 18.1 Å². The summed E-state index contributed by atoms with van der Waals surface area (Å²) in [5, 5.41) is 12.5. The summed E-state index contributed by atoms with van der Waals surface area (Å²) in [6.45, 7) is 5.55. The number of guanidine groups is 1. The van der Waals surface area contributed by atoms with Gasteiger partial charge in [-0.15, -0.1) is 0 Å². The van der Waals surface area contributed by atoms with E-state index in [4.69, 9.17) is 11.1 Å². The van der Waals surface area contributed by atoms with Gasteiger partial charge in [0.2, 0.25) is 17.7 Å². The van der Waals surface area contributed by atoms with Crippen molar-refractivity contribution in [2.75, 3.05) is 6.54 Å². The maximum atomic E-state index is 13.1. The SMILES string of the molecule is CC(=O)NC1CC(C)N(C2CC(C)N(C(C=O)CCCNC(=N)N)C2=O)C1=O. The molecule has 2 heterocycles. The highest BCUT2D eigenvalue weighted by Crippen LogP contribution is 2.32. The fourth-order valence-corrected chi connectivity index (χ4v) is 4.24. The van der Waals surface area contributed by atoms with Gasteiger partial charge in [-0.1, -0.05) is 0 Å². The predicted molar refractivity (Wildman–Crippen MR) is 102 cm³/mol. The molecule has 0 bridgehead atoms. The van der Waals surface area contributed by atoms with Crippen LogP contribution < -0.4 is 16.4 Å². The Bertz CT molecular complexity index is 654. The standard InChI is InChI=1S/C18H30N6O4/c1-10-7-14(22-12(3)26)16(27)24(10)15-8-11(2)23(17(15)28)13(9-25)5-4-6-21-18(19)20/h9-11,13-15H,4-8H2,1-3H3,(H,22,26)(H4,19,20,21). The van der Waals surface area contributed by atoms with Gasteiger partial charge in [0.05, 0.1) is 6.04 Å². The van der Waals surface area contributed by atoms with E-state index in [2.05, 4.69) is 10.6 Å². The molecule has 0 radical (unpaired) electrons. The number of aldehydes is 1. The monoisotopic (exact) mass is 394 g/mol. The number of carbonyl (C=O) groups excluding carboxylic acids is 4. The lowest BCUT2D eigenvalue weighted by Gasteiger charge is -2.30. The summed E-state index contributed by atoms with van der Waals surface area (Å²) in [5.41, 5.74) is 5.24. The molecule has 10 heteroatoms. The molecule has 2 aliphatic heterocycles. The van der Waals surface area contributed by atoms with Crippen LogP contribution in [0.1, 0.15) is 46.5 Å². The summed E-state index contributed by atoms with van der Waals surface area (Å²) in [6, 6.07) is -2.15. The number of amides is 3. The van der Waals surface area contributed by atoms with Crippen molar-refractivity contribution in [3.63, 3.8) is 0 Å². The van der Waals surface area contributed by atoms with Crippen LogP contribution in [0.3, 0.4) is 0 Å². The largest absolute Gasteiger partial charge is 0.370 e. The normalized spacial score (nSPS) is 28.4. The Morgan fingerprint density at radius 1 is 1.29 bits per heavy atom. The third-order valence-electron chi connectivity index (χ3n) is 5.40. The van der Waals surface area contributed by atoms with Gasteiger partial charge in [-0.05, 0) is 39.5 Å². The molecule has 0 saturated carbocycles. The Morgan fingerprint density at radius 3 is 2.54 bits per heavy atom. The maximum Gasteiger partial charge on any atom is 0.246 e. The van der Waals surface area contributed by atoms with Gasteiger partial charge in [0.1, 0.15) is 18.4 Å². The van der Waals surface area contributed by atoms with Crippen molar-refractivity contribution in [1.82, 2.24) is 20.4 Å². The first-order valence-corrected chi connectivity index (χ1v) is 9.62. The average Bonchev–Trinajstić information content (AvgIpc) is 3.03. The second-order valence-electron chi connectivity index (χ2n) is 7.62. The zero-order valence-corrected chi connectivity index (χ0v) is 16.6. The topological polar surface area (TPSA) is 149 Å². The molecule has 0 aromatic heterocycles. The molecule has 2 aliphatic rings. The minimum Gasteiger partial charge on any atom is -0.370 e. The lowest BCUT2D eigenvalue weighted by atomic mass is 10.1. The van der Waals surface area contributed by atoms with E-state index >= 15 is 0 Å². The number of hydrogen-bond acceptors (Lipinski definition) is 5. The molecule has 28 heavy (non-hydrogen) atoms. The number of nitrogens with two attached hydrogens (primary N) is 1. The number of likely N-dealkylation sites (tertiary alicyclic amines) is 2. The molecule has 2 fully saturated rings. The summed E-state index contributed by atoms with van der Waals surface area (Å²) in [7, 11) is 0. The highest BCUT2D eigenvalue weighted by Gasteiger charge is 2.50. The number of carbonyl (C=O) groups is 4. The summed E-state index contributed by atoms with van der Waals surface area (Å²) in [6.07, 6.45) is 2.71. The van der Waals surface area contributed by atoms with Crippen LogP contribution in [0.25, 0.3) is 0 Å². The first kappa shape index (κ1) is 21.6. The van der Waals surface area contributed by atoms with Gasteiger partial charge in [-0.25, -0.2) is 0 Å². The maximum absolute atomic E-state index is 13.1. The van der Waals surface area contributed by atoms with Crippen LogP contribution in [0.2, 0.25) is 0 Å². The molecule has 156 valence electrons. The lowest BCUT2D eigenvalue weighted by molar-refractivity contribution is -0.144. The molecular formula is C18H30N6O4. The molecule has 3 amide bonds. The molecule has 2 saturated heterocycles.